The zero-order valence-electron chi connectivity index (χ0n) is 13.7. The first-order valence-corrected chi connectivity index (χ1v) is 7.84. The number of unbranched alkanes of at least 4 members (excludes halogenated alkanes) is 4. The van der Waals surface area contributed by atoms with Gasteiger partial charge in [0, 0.05) is 27.2 Å². The van der Waals surface area contributed by atoms with Gasteiger partial charge in [0.25, 0.3) is 0 Å². The SMILES string of the molecule is CCCCCCNC(=NCC(=O)N(C)C)NCCCC. The molecule has 5 nitrogen and oxygen atoms in total. The van der Waals surface area contributed by atoms with Crippen LogP contribution >= 0.6 is 0 Å². The highest BCUT2D eigenvalue weighted by Crippen LogP contribution is 1.97. The van der Waals surface area contributed by atoms with Crippen LogP contribution in [0, 0.1) is 0 Å². The number of hydrogen-bond donors (Lipinski definition) is 2. The topological polar surface area (TPSA) is 56.7 Å². The van der Waals surface area contributed by atoms with Gasteiger partial charge in [-0.2, -0.15) is 0 Å². The molecule has 0 fully saturated rings. The molecule has 0 bridgehead atoms. The van der Waals surface area contributed by atoms with E-state index in [1.54, 1.807) is 19.0 Å². The van der Waals surface area contributed by atoms with Crippen LogP contribution in [-0.2, 0) is 4.79 Å². The fourth-order valence-corrected chi connectivity index (χ4v) is 1.60. The predicted molar refractivity (Wildman–Crippen MR) is 86.1 cm³/mol. The molecule has 5 heteroatoms. The maximum absolute atomic E-state index is 11.6. The first kappa shape index (κ1) is 18.7. The molecule has 0 radical (unpaired) electrons. The van der Waals surface area contributed by atoms with E-state index in [9.17, 15) is 4.79 Å². The van der Waals surface area contributed by atoms with Gasteiger partial charge < -0.3 is 15.5 Å². The van der Waals surface area contributed by atoms with E-state index in [0.29, 0.717) is 0 Å². The van der Waals surface area contributed by atoms with Crippen LogP contribution in [0.25, 0.3) is 0 Å². The highest BCUT2D eigenvalue weighted by Gasteiger charge is 2.03. The average Bonchev–Trinajstić information content (AvgIpc) is 2.43. The quantitative estimate of drug-likeness (QED) is 0.366. The van der Waals surface area contributed by atoms with Crippen molar-refractivity contribution < 1.29 is 4.79 Å². The van der Waals surface area contributed by atoms with E-state index in [-0.39, 0.29) is 12.5 Å². The van der Waals surface area contributed by atoms with Crippen LogP contribution < -0.4 is 10.6 Å². The summed E-state index contributed by atoms with van der Waals surface area (Å²) in [7, 11) is 3.50. The third-order valence-corrected chi connectivity index (χ3v) is 3.02. The molecule has 2 N–H and O–H groups in total. The lowest BCUT2D eigenvalue weighted by atomic mass is 10.2. The minimum atomic E-state index is 0.0209. The Kier molecular flexibility index (Phi) is 12.0. The van der Waals surface area contributed by atoms with Crippen LogP contribution in [0.2, 0.25) is 0 Å². The average molecular weight is 284 g/mol. The van der Waals surface area contributed by atoms with Gasteiger partial charge in [-0.05, 0) is 12.8 Å². The van der Waals surface area contributed by atoms with Crippen molar-refractivity contribution >= 4 is 11.9 Å². The highest BCUT2D eigenvalue weighted by molar-refractivity contribution is 5.84. The Labute approximate surface area is 124 Å². The first-order valence-electron chi connectivity index (χ1n) is 7.84. The molecule has 0 spiro atoms. The zero-order chi connectivity index (χ0) is 15.2. The number of nitrogens with one attached hydrogen (secondary N) is 2. The molecule has 1 amide bonds. The molecule has 0 rings (SSSR count). The molecule has 0 aromatic carbocycles. The molecule has 0 saturated carbocycles. The van der Waals surface area contributed by atoms with Crippen LogP contribution in [0.4, 0.5) is 0 Å². The minimum Gasteiger partial charge on any atom is -0.356 e. The van der Waals surface area contributed by atoms with E-state index < -0.39 is 0 Å². The molecular formula is C15H32N4O. The molecule has 0 aromatic heterocycles. The number of likely N-dealkylation sites (N-methyl/N-ethyl adjacent to an activating group) is 1. The Morgan fingerprint density at radius 3 is 2.10 bits per heavy atom. The summed E-state index contributed by atoms with van der Waals surface area (Å²) < 4.78 is 0. The minimum absolute atomic E-state index is 0.0209. The first-order chi connectivity index (χ1) is 9.61. The largest absolute Gasteiger partial charge is 0.356 e. The fraction of sp³-hybridized carbons (Fsp3) is 0.867. The smallest absolute Gasteiger partial charge is 0.243 e. The standard InChI is InChI=1S/C15H32N4O/c1-5-7-9-10-12-17-15(16-11-8-6-2)18-13-14(20)19(3)4/h5-13H2,1-4H3,(H2,16,17,18). The number of carbonyl (C=O) groups is 1. The maximum Gasteiger partial charge on any atom is 0.243 e. The third kappa shape index (κ3) is 10.6. The van der Waals surface area contributed by atoms with E-state index in [4.69, 9.17) is 0 Å². The van der Waals surface area contributed by atoms with Crippen LogP contribution in [0.5, 0.6) is 0 Å². The van der Waals surface area contributed by atoms with Crippen molar-refractivity contribution in [1.82, 2.24) is 15.5 Å². The van der Waals surface area contributed by atoms with Crippen LogP contribution in [-0.4, -0.2) is 50.5 Å². The summed E-state index contributed by atoms with van der Waals surface area (Å²) in [6, 6.07) is 0. The summed E-state index contributed by atoms with van der Waals surface area (Å²) >= 11 is 0. The van der Waals surface area contributed by atoms with Gasteiger partial charge >= 0.3 is 0 Å². The van der Waals surface area contributed by atoms with Gasteiger partial charge in [-0.3, -0.25) is 4.79 Å². The van der Waals surface area contributed by atoms with E-state index in [1.807, 2.05) is 0 Å². The fourth-order valence-electron chi connectivity index (χ4n) is 1.60. The lowest BCUT2D eigenvalue weighted by Crippen LogP contribution is -2.39. The molecule has 0 saturated heterocycles. The summed E-state index contributed by atoms with van der Waals surface area (Å²) in [5.74, 6) is 0.776. The molecule has 118 valence electrons. The predicted octanol–water partition coefficient (Wildman–Crippen LogP) is 1.99. The lowest BCUT2D eigenvalue weighted by molar-refractivity contribution is -0.127. The second-order valence-corrected chi connectivity index (χ2v) is 5.22. The molecule has 0 atom stereocenters. The monoisotopic (exact) mass is 284 g/mol. The number of hydrogen-bond acceptors (Lipinski definition) is 2. The van der Waals surface area contributed by atoms with Crippen LogP contribution in [0.1, 0.15) is 52.4 Å². The summed E-state index contributed by atoms with van der Waals surface area (Å²) in [5.41, 5.74) is 0. The molecule has 0 aliphatic rings. The van der Waals surface area contributed by atoms with Gasteiger partial charge in [0.05, 0.1) is 0 Å². The van der Waals surface area contributed by atoms with Crippen molar-refractivity contribution in [3.05, 3.63) is 0 Å². The van der Waals surface area contributed by atoms with Gasteiger partial charge in [-0.1, -0.05) is 39.5 Å². The Balaban J connectivity index is 4.11. The third-order valence-electron chi connectivity index (χ3n) is 3.02. The Morgan fingerprint density at radius 2 is 1.55 bits per heavy atom. The number of nitrogens with zero attached hydrogens (tertiary/aromatic N) is 2. The Bertz CT molecular complexity index is 277. The zero-order valence-corrected chi connectivity index (χ0v) is 13.7. The summed E-state index contributed by atoms with van der Waals surface area (Å²) in [6.45, 7) is 6.37. The van der Waals surface area contributed by atoms with Gasteiger partial charge in [0.15, 0.2) is 5.96 Å². The van der Waals surface area contributed by atoms with E-state index in [0.717, 1.165) is 38.3 Å². The highest BCUT2D eigenvalue weighted by atomic mass is 16.2. The Morgan fingerprint density at radius 1 is 0.950 bits per heavy atom. The second-order valence-electron chi connectivity index (χ2n) is 5.22. The van der Waals surface area contributed by atoms with Crippen molar-refractivity contribution in [3.63, 3.8) is 0 Å². The van der Waals surface area contributed by atoms with Gasteiger partial charge in [-0.15, -0.1) is 0 Å². The summed E-state index contributed by atoms with van der Waals surface area (Å²) in [6.07, 6.45) is 7.15. The number of amides is 1. The molecule has 0 unspecified atom stereocenters. The van der Waals surface area contributed by atoms with Gasteiger partial charge in [-0.25, -0.2) is 4.99 Å². The van der Waals surface area contributed by atoms with E-state index >= 15 is 0 Å². The van der Waals surface area contributed by atoms with Gasteiger partial charge in [0.2, 0.25) is 5.91 Å². The van der Waals surface area contributed by atoms with E-state index in [1.165, 1.54) is 19.3 Å². The van der Waals surface area contributed by atoms with Crippen LogP contribution in [0.15, 0.2) is 4.99 Å². The summed E-state index contributed by atoms with van der Waals surface area (Å²) in [4.78, 5) is 17.5. The van der Waals surface area contributed by atoms with Crippen molar-refractivity contribution in [2.45, 2.75) is 52.4 Å². The number of aliphatic imine (C=N–C) groups is 1. The van der Waals surface area contributed by atoms with Gasteiger partial charge in [0.1, 0.15) is 6.54 Å². The molecule has 20 heavy (non-hydrogen) atoms. The molecule has 0 aliphatic heterocycles. The number of rotatable bonds is 10. The van der Waals surface area contributed by atoms with Crippen molar-refractivity contribution in [1.29, 1.82) is 0 Å². The Hall–Kier alpha value is -1.26. The lowest BCUT2D eigenvalue weighted by Gasteiger charge is -2.13. The normalized spacial score (nSPS) is 11.3. The molecular weight excluding hydrogens is 252 g/mol. The number of carbonyl (C=O) groups excluding carboxylic acids is 1. The molecule has 0 aromatic rings. The van der Waals surface area contributed by atoms with Crippen LogP contribution in [0.3, 0.4) is 0 Å². The van der Waals surface area contributed by atoms with Crippen molar-refractivity contribution in [3.8, 4) is 0 Å². The molecule has 0 heterocycles. The maximum atomic E-state index is 11.6. The number of guanidine groups is 1. The van der Waals surface area contributed by atoms with Crippen molar-refractivity contribution in [2.24, 2.45) is 4.99 Å². The second kappa shape index (κ2) is 12.8. The molecule has 0 aliphatic carbocycles. The summed E-state index contributed by atoms with van der Waals surface area (Å²) in [5, 5.41) is 6.57. The van der Waals surface area contributed by atoms with E-state index in [2.05, 4.69) is 29.5 Å². The van der Waals surface area contributed by atoms with Crippen molar-refractivity contribution in [2.75, 3.05) is 33.7 Å².